The van der Waals surface area contributed by atoms with Gasteiger partial charge in [-0.15, -0.1) is 0 Å². The van der Waals surface area contributed by atoms with E-state index in [1.165, 1.54) is 11.0 Å². The molecule has 4 rings (SSSR count). The minimum absolute atomic E-state index is 0.0499. The molecule has 2 aromatic heterocycles. The van der Waals surface area contributed by atoms with Gasteiger partial charge in [0.2, 0.25) is 5.91 Å². The summed E-state index contributed by atoms with van der Waals surface area (Å²) in [5.41, 5.74) is 2.38. The molecule has 1 amide bonds. The summed E-state index contributed by atoms with van der Waals surface area (Å²) in [5.74, 6) is 1.11. The molecule has 0 aliphatic carbocycles. The fourth-order valence-electron chi connectivity index (χ4n) is 3.45. The molecule has 0 fully saturated rings. The summed E-state index contributed by atoms with van der Waals surface area (Å²) in [6.07, 6.45) is 3.57. The topological polar surface area (TPSA) is 80.2 Å². The van der Waals surface area contributed by atoms with Gasteiger partial charge in [0.25, 0.3) is 0 Å². The Morgan fingerprint density at radius 3 is 2.61 bits per heavy atom. The Balaban J connectivity index is 1.87. The van der Waals surface area contributed by atoms with E-state index < -0.39 is 0 Å². The molecule has 4 aromatic rings. The van der Waals surface area contributed by atoms with Crippen molar-refractivity contribution in [3.8, 4) is 28.3 Å². The Morgan fingerprint density at radius 2 is 1.91 bits per heavy atom. The number of anilines is 1. The number of hydrogen-bond donors (Lipinski definition) is 1. The van der Waals surface area contributed by atoms with E-state index >= 15 is 0 Å². The summed E-state index contributed by atoms with van der Waals surface area (Å²) in [6.45, 7) is 0.161. The molecule has 0 bridgehead atoms. The number of carbonyl (C=O) groups is 1. The minimum atomic E-state index is -0.343. The summed E-state index contributed by atoms with van der Waals surface area (Å²) in [5, 5.41) is 3.79. The van der Waals surface area contributed by atoms with Gasteiger partial charge in [-0.05, 0) is 35.9 Å². The number of ether oxygens (including phenoxy) is 1. The maximum absolute atomic E-state index is 14.6. The molecular formula is C25H24FN5O2. The molecule has 8 heteroatoms. The van der Waals surface area contributed by atoms with Crippen molar-refractivity contribution in [3.05, 3.63) is 66.7 Å². The second-order valence-electron chi connectivity index (χ2n) is 7.62. The molecule has 7 nitrogen and oxygen atoms in total. The van der Waals surface area contributed by atoms with Crippen LogP contribution in [0.5, 0.6) is 5.75 Å². The molecule has 2 heterocycles. The zero-order valence-corrected chi connectivity index (χ0v) is 18.7. The molecule has 0 saturated heterocycles. The van der Waals surface area contributed by atoms with Crippen molar-refractivity contribution < 1.29 is 13.9 Å². The standard InChI is InChI=1S/C25H24FN5O2/c1-27-25-19-13-17(18-8-4-5-9-20(18)26)14-21(33-12-10-22(32)31(2)3)23(19)29-24(30-25)16-7-6-11-28-15-16/h4-9,11,13-15H,10,12H2,1-3H3,(H,27,29,30). The fourth-order valence-corrected chi connectivity index (χ4v) is 3.45. The second kappa shape index (κ2) is 9.60. The number of hydrogen-bond acceptors (Lipinski definition) is 6. The lowest BCUT2D eigenvalue weighted by atomic mass is 10.0. The van der Waals surface area contributed by atoms with E-state index in [-0.39, 0.29) is 24.8 Å². The van der Waals surface area contributed by atoms with Crippen LogP contribution in [-0.4, -0.2) is 53.5 Å². The predicted molar refractivity (Wildman–Crippen MR) is 127 cm³/mol. The number of rotatable bonds is 7. The number of carbonyl (C=O) groups excluding carboxylic acids is 1. The monoisotopic (exact) mass is 445 g/mol. The number of nitrogens with zero attached hydrogens (tertiary/aromatic N) is 4. The van der Waals surface area contributed by atoms with E-state index in [1.54, 1.807) is 57.8 Å². The molecule has 0 spiro atoms. The van der Waals surface area contributed by atoms with Crippen molar-refractivity contribution >= 4 is 22.6 Å². The minimum Gasteiger partial charge on any atom is -0.491 e. The highest BCUT2D eigenvalue weighted by atomic mass is 19.1. The van der Waals surface area contributed by atoms with E-state index in [1.807, 2.05) is 18.2 Å². The highest BCUT2D eigenvalue weighted by Gasteiger charge is 2.17. The van der Waals surface area contributed by atoms with E-state index in [0.29, 0.717) is 39.4 Å². The second-order valence-corrected chi connectivity index (χ2v) is 7.62. The number of fused-ring (bicyclic) bond motifs is 1. The molecular weight excluding hydrogens is 421 g/mol. The number of amides is 1. The van der Waals surface area contributed by atoms with Gasteiger partial charge in [-0.1, -0.05) is 18.2 Å². The summed E-state index contributed by atoms with van der Waals surface area (Å²) in [4.78, 5) is 27.1. The van der Waals surface area contributed by atoms with Crippen LogP contribution < -0.4 is 10.1 Å². The van der Waals surface area contributed by atoms with Crippen LogP contribution in [0.3, 0.4) is 0 Å². The smallest absolute Gasteiger partial charge is 0.225 e. The number of nitrogens with one attached hydrogen (secondary N) is 1. The highest BCUT2D eigenvalue weighted by molar-refractivity contribution is 5.97. The summed E-state index contributed by atoms with van der Waals surface area (Å²) in [6, 6.07) is 13.8. The van der Waals surface area contributed by atoms with Crippen LogP contribution in [0.15, 0.2) is 60.9 Å². The van der Waals surface area contributed by atoms with Crippen LogP contribution >= 0.6 is 0 Å². The molecule has 33 heavy (non-hydrogen) atoms. The maximum atomic E-state index is 14.6. The Morgan fingerprint density at radius 1 is 1.09 bits per heavy atom. The third-order valence-electron chi connectivity index (χ3n) is 5.18. The van der Waals surface area contributed by atoms with Crippen molar-refractivity contribution in [2.75, 3.05) is 33.1 Å². The van der Waals surface area contributed by atoms with Crippen molar-refractivity contribution in [3.63, 3.8) is 0 Å². The van der Waals surface area contributed by atoms with E-state index in [4.69, 9.17) is 9.72 Å². The molecule has 1 N–H and O–H groups in total. The Kier molecular flexibility index (Phi) is 6.44. The van der Waals surface area contributed by atoms with E-state index in [9.17, 15) is 9.18 Å². The van der Waals surface area contributed by atoms with Gasteiger partial charge in [-0.3, -0.25) is 9.78 Å². The van der Waals surface area contributed by atoms with Crippen molar-refractivity contribution in [1.29, 1.82) is 0 Å². The van der Waals surface area contributed by atoms with E-state index in [2.05, 4.69) is 15.3 Å². The Hall–Kier alpha value is -4.07. The highest BCUT2D eigenvalue weighted by Crippen LogP contribution is 2.36. The quantitative estimate of drug-likeness (QED) is 0.454. The van der Waals surface area contributed by atoms with Crippen LogP contribution in [0.25, 0.3) is 33.4 Å². The van der Waals surface area contributed by atoms with Gasteiger partial charge >= 0.3 is 0 Å². The number of halogens is 1. The van der Waals surface area contributed by atoms with Crippen molar-refractivity contribution in [1.82, 2.24) is 19.9 Å². The first kappa shape index (κ1) is 22.1. The lowest BCUT2D eigenvalue weighted by Crippen LogP contribution is -2.23. The SMILES string of the molecule is CNc1nc(-c2cccnc2)nc2c(OCCC(=O)N(C)C)cc(-c3ccccc3F)cc12. The lowest BCUT2D eigenvalue weighted by molar-refractivity contribution is -0.129. The van der Waals surface area contributed by atoms with Gasteiger partial charge in [0.1, 0.15) is 22.9 Å². The normalized spacial score (nSPS) is 10.8. The van der Waals surface area contributed by atoms with E-state index in [0.717, 1.165) is 5.56 Å². The summed E-state index contributed by atoms with van der Waals surface area (Å²) in [7, 11) is 5.16. The van der Waals surface area contributed by atoms with Gasteiger partial charge in [0.05, 0.1) is 13.0 Å². The first-order chi connectivity index (χ1) is 16.0. The molecule has 0 aliphatic heterocycles. The van der Waals surface area contributed by atoms with Crippen LogP contribution in [-0.2, 0) is 4.79 Å². The summed E-state index contributed by atoms with van der Waals surface area (Å²) < 4.78 is 20.6. The third kappa shape index (κ3) is 4.74. The molecule has 0 unspecified atom stereocenters. The van der Waals surface area contributed by atoms with Crippen LogP contribution in [0.4, 0.5) is 10.2 Å². The number of pyridine rings is 1. The molecule has 0 aliphatic rings. The Labute approximate surface area is 191 Å². The fraction of sp³-hybridized carbons (Fsp3) is 0.200. The third-order valence-corrected chi connectivity index (χ3v) is 5.18. The largest absolute Gasteiger partial charge is 0.491 e. The van der Waals surface area contributed by atoms with Crippen LogP contribution in [0.1, 0.15) is 6.42 Å². The zero-order valence-electron chi connectivity index (χ0n) is 18.7. The van der Waals surface area contributed by atoms with Crippen LogP contribution in [0.2, 0.25) is 0 Å². The zero-order chi connectivity index (χ0) is 23.4. The predicted octanol–water partition coefficient (Wildman–Crippen LogP) is 4.40. The molecule has 168 valence electrons. The average molecular weight is 445 g/mol. The number of benzene rings is 2. The van der Waals surface area contributed by atoms with Gasteiger partial charge < -0.3 is 15.0 Å². The van der Waals surface area contributed by atoms with Crippen molar-refractivity contribution in [2.45, 2.75) is 6.42 Å². The first-order valence-corrected chi connectivity index (χ1v) is 10.5. The van der Waals surface area contributed by atoms with Gasteiger partial charge in [0, 0.05) is 50.0 Å². The van der Waals surface area contributed by atoms with Crippen LogP contribution in [0, 0.1) is 5.82 Å². The molecule has 2 aromatic carbocycles. The lowest BCUT2D eigenvalue weighted by Gasteiger charge is -2.16. The number of aromatic nitrogens is 3. The molecule has 0 atom stereocenters. The first-order valence-electron chi connectivity index (χ1n) is 10.5. The molecule has 0 saturated carbocycles. The van der Waals surface area contributed by atoms with Gasteiger partial charge in [0.15, 0.2) is 5.82 Å². The molecule has 0 radical (unpaired) electrons. The summed E-state index contributed by atoms with van der Waals surface area (Å²) >= 11 is 0. The average Bonchev–Trinajstić information content (AvgIpc) is 2.84. The maximum Gasteiger partial charge on any atom is 0.225 e. The van der Waals surface area contributed by atoms with Gasteiger partial charge in [-0.25, -0.2) is 14.4 Å². The Bertz CT molecular complexity index is 1290. The van der Waals surface area contributed by atoms with Gasteiger partial charge in [-0.2, -0.15) is 0 Å². The van der Waals surface area contributed by atoms with Crippen molar-refractivity contribution in [2.24, 2.45) is 0 Å².